The molecule has 34 heavy (non-hydrogen) atoms. The molecule has 4 aromatic rings. The fraction of sp³-hybridized carbons (Fsp3) is 0.280. The molecule has 0 aliphatic rings. The molecule has 0 radical (unpaired) electrons. The molecule has 0 N–H and O–H groups in total. The van der Waals surface area contributed by atoms with E-state index in [1.165, 1.54) is 0 Å². The van der Waals surface area contributed by atoms with E-state index >= 15 is 0 Å². The third-order valence-electron chi connectivity index (χ3n) is 5.81. The quantitative estimate of drug-likeness (QED) is 0.336. The summed E-state index contributed by atoms with van der Waals surface area (Å²) in [6.45, 7) is 4.08. The Labute approximate surface area is 203 Å². The first kappa shape index (κ1) is 23.5. The lowest BCUT2D eigenvalue weighted by atomic mass is 10.1. The van der Waals surface area contributed by atoms with Crippen molar-refractivity contribution in [2.75, 3.05) is 38.7 Å². The number of para-hydroxylation sites is 1. The summed E-state index contributed by atoms with van der Waals surface area (Å²) in [6.07, 6.45) is 7.05. The first-order valence-corrected chi connectivity index (χ1v) is 11.4. The first-order valence-electron chi connectivity index (χ1n) is 11.1. The maximum absolute atomic E-state index is 13.1. The van der Waals surface area contributed by atoms with Gasteiger partial charge >= 0.3 is 6.01 Å². The second-order valence-electron chi connectivity index (χ2n) is 7.85. The standard InChI is InChI=1S/C25H27ClN6O2/c1-4-31(22(33)17-32-12-10-18-9-11-27-24(26)23(18)32)14-13-30(2)21-8-6-5-7-20(21)19-15-28-25(34-3)29-16-19/h5-12,15-16H,4,13-14,17H2,1-3H3. The molecule has 0 aliphatic carbocycles. The van der Waals surface area contributed by atoms with Gasteiger partial charge in [-0.3, -0.25) is 4.79 Å². The van der Waals surface area contributed by atoms with E-state index in [1.807, 2.05) is 60.0 Å². The average molecular weight is 479 g/mol. The largest absolute Gasteiger partial charge is 0.467 e. The topological polar surface area (TPSA) is 76.4 Å². The highest BCUT2D eigenvalue weighted by Crippen LogP contribution is 2.29. The van der Waals surface area contributed by atoms with Crippen LogP contribution in [0.4, 0.5) is 5.69 Å². The van der Waals surface area contributed by atoms with Gasteiger partial charge in [0.25, 0.3) is 0 Å². The second-order valence-corrected chi connectivity index (χ2v) is 8.21. The molecule has 0 saturated heterocycles. The molecule has 0 aliphatic heterocycles. The second kappa shape index (κ2) is 10.5. The van der Waals surface area contributed by atoms with Crippen molar-refractivity contribution < 1.29 is 9.53 Å². The number of ether oxygens (including phenoxy) is 1. The van der Waals surface area contributed by atoms with Crippen LogP contribution < -0.4 is 9.64 Å². The number of benzene rings is 1. The number of halogens is 1. The highest BCUT2D eigenvalue weighted by Gasteiger charge is 2.17. The van der Waals surface area contributed by atoms with Crippen molar-refractivity contribution in [2.45, 2.75) is 13.5 Å². The number of amides is 1. The minimum absolute atomic E-state index is 0.0326. The molecule has 1 aromatic carbocycles. The Balaban J connectivity index is 1.45. The van der Waals surface area contributed by atoms with Gasteiger partial charge < -0.3 is 19.1 Å². The lowest BCUT2D eigenvalue weighted by molar-refractivity contribution is -0.131. The Bertz CT molecular complexity index is 1270. The summed E-state index contributed by atoms with van der Waals surface area (Å²) in [4.78, 5) is 29.7. The van der Waals surface area contributed by atoms with Crippen LogP contribution in [-0.4, -0.2) is 64.1 Å². The third-order valence-corrected chi connectivity index (χ3v) is 6.09. The zero-order valence-electron chi connectivity index (χ0n) is 19.5. The van der Waals surface area contributed by atoms with Crippen molar-refractivity contribution in [3.63, 3.8) is 0 Å². The zero-order valence-corrected chi connectivity index (χ0v) is 20.2. The molecule has 0 spiro atoms. The number of anilines is 1. The van der Waals surface area contributed by atoms with Crippen molar-refractivity contribution in [3.05, 3.63) is 66.3 Å². The molecular weight excluding hydrogens is 452 g/mol. The molecular formula is C25H27ClN6O2. The average Bonchev–Trinajstić information content (AvgIpc) is 3.28. The molecule has 8 nitrogen and oxygen atoms in total. The van der Waals surface area contributed by atoms with Crippen LogP contribution in [0.1, 0.15) is 6.92 Å². The number of fused-ring (bicyclic) bond motifs is 1. The summed E-state index contributed by atoms with van der Waals surface area (Å²) in [5.41, 5.74) is 3.73. The minimum Gasteiger partial charge on any atom is -0.467 e. The molecule has 0 saturated carbocycles. The van der Waals surface area contributed by atoms with Crippen molar-refractivity contribution in [2.24, 2.45) is 0 Å². The summed E-state index contributed by atoms with van der Waals surface area (Å²) in [6, 6.07) is 12.2. The van der Waals surface area contributed by atoms with Gasteiger partial charge in [-0.2, -0.15) is 0 Å². The first-order chi connectivity index (χ1) is 16.5. The normalized spacial score (nSPS) is 10.9. The predicted molar refractivity (Wildman–Crippen MR) is 134 cm³/mol. The maximum Gasteiger partial charge on any atom is 0.316 e. The third kappa shape index (κ3) is 4.97. The van der Waals surface area contributed by atoms with E-state index in [2.05, 4.69) is 25.9 Å². The summed E-state index contributed by atoms with van der Waals surface area (Å²) >= 11 is 6.27. The van der Waals surface area contributed by atoms with Gasteiger partial charge in [0.1, 0.15) is 6.54 Å². The van der Waals surface area contributed by atoms with E-state index < -0.39 is 0 Å². The van der Waals surface area contributed by atoms with E-state index in [0.29, 0.717) is 30.8 Å². The maximum atomic E-state index is 13.1. The van der Waals surface area contributed by atoms with Gasteiger partial charge in [0.15, 0.2) is 5.15 Å². The number of carbonyl (C=O) groups is 1. The summed E-state index contributed by atoms with van der Waals surface area (Å²) in [5, 5.41) is 1.37. The van der Waals surface area contributed by atoms with Gasteiger partial charge in [-0.15, -0.1) is 0 Å². The van der Waals surface area contributed by atoms with Gasteiger partial charge in [0, 0.05) is 73.7 Å². The van der Waals surface area contributed by atoms with Gasteiger partial charge in [-0.1, -0.05) is 29.8 Å². The Morgan fingerprint density at radius 2 is 1.85 bits per heavy atom. The van der Waals surface area contributed by atoms with Gasteiger partial charge in [0.2, 0.25) is 5.91 Å². The Kier molecular flexibility index (Phi) is 7.27. The van der Waals surface area contributed by atoms with Gasteiger partial charge in [0.05, 0.1) is 12.6 Å². The summed E-state index contributed by atoms with van der Waals surface area (Å²) in [7, 11) is 3.56. The number of hydrogen-bond acceptors (Lipinski definition) is 6. The summed E-state index contributed by atoms with van der Waals surface area (Å²) < 4.78 is 6.93. The van der Waals surface area contributed by atoms with Crippen molar-refractivity contribution in [1.29, 1.82) is 0 Å². The van der Waals surface area contributed by atoms with Gasteiger partial charge in [-0.25, -0.2) is 15.0 Å². The van der Waals surface area contributed by atoms with E-state index in [0.717, 1.165) is 27.7 Å². The number of carbonyl (C=O) groups excluding carboxylic acids is 1. The molecule has 1 amide bonds. The highest BCUT2D eigenvalue weighted by atomic mass is 35.5. The molecule has 0 unspecified atom stereocenters. The minimum atomic E-state index is 0.0326. The van der Waals surface area contributed by atoms with Crippen LogP contribution >= 0.6 is 11.6 Å². The molecule has 0 fully saturated rings. The Morgan fingerprint density at radius 1 is 1.09 bits per heavy atom. The fourth-order valence-corrected chi connectivity index (χ4v) is 4.22. The van der Waals surface area contributed by atoms with Crippen LogP contribution in [-0.2, 0) is 11.3 Å². The number of methoxy groups -OCH3 is 1. The smallest absolute Gasteiger partial charge is 0.316 e. The van der Waals surface area contributed by atoms with E-state index in [1.54, 1.807) is 25.7 Å². The van der Waals surface area contributed by atoms with E-state index in [4.69, 9.17) is 16.3 Å². The number of rotatable bonds is 9. The SMILES string of the molecule is CCN(CCN(C)c1ccccc1-c1cnc(OC)nc1)C(=O)Cn1ccc2ccnc(Cl)c21. The number of aromatic nitrogens is 4. The molecule has 0 atom stereocenters. The Morgan fingerprint density at radius 3 is 2.59 bits per heavy atom. The van der Waals surface area contributed by atoms with Crippen molar-refractivity contribution >= 4 is 34.1 Å². The summed E-state index contributed by atoms with van der Waals surface area (Å²) in [5.74, 6) is 0.0326. The van der Waals surface area contributed by atoms with Gasteiger partial charge in [-0.05, 0) is 25.1 Å². The molecule has 4 rings (SSSR count). The molecule has 0 bridgehead atoms. The fourth-order valence-electron chi connectivity index (χ4n) is 3.94. The van der Waals surface area contributed by atoms with Crippen LogP contribution in [0.15, 0.2) is 61.2 Å². The van der Waals surface area contributed by atoms with Crippen LogP contribution in [0, 0.1) is 0 Å². The van der Waals surface area contributed by atoms with Crippen molar-refractivity contribution in [1.82, 2.24) is 24.4 Å². The number of nitrogens with zero attached hydrogens (tertiary/aromatic N) is 6. The molecule has 3 heterocycles. The van der Waals surface area contributed by atoms with E-state index in [9.17, 15) is 4.79 Å². The number of pyridine rings is 1. The molecule has 9 heteroatoms. The predicted octanol–water partition coefficient (Wildman–Crippen LogP) is 4.14. The Hall–Kier alpha value is -3.65. The number of likely N-dealkylation sites (N-methyl/N-ethyl adjacent to an activating group) is 2. The van der Waals surface area contributed by atoms with Crippen LogP contribution in [0.3, 0.4) is 0 Å². The zero-order chi connectivity index (χ0) is 24.1. The highest BCUT2D eigenvalue weighted by molar-refractivity contribution is 6.33. The molecule has 176 valence electrons. The van der Waals surface area contributed by atoms with Crippen LogP contribution in [0.2, 0.25) is 5.15 Å². The monoisotopic (exact) mass is 478 g/mol. The van der Waals surface area contributed by atoms with Crippen LogP contribution in [0.5, 0.6) is 6.01 Å². The van der Waals surface area contributed by atoms with Crippen LogP contribution in [0.25, 0.3) is 22.0 Å². The molecule has 3 aromatic heterocycles. The number of hydrogen-bond donors (Lipinski definition) is 0. The van der Waals surface area contributed by atoms with Crippen molar-refractivity contribution in [3.8, 4) is 17.1 Å². The lowest BCUT2D eigenvalue weighted by Gasteiger charge is -2.27. The lowest BCUT2D eigenvalue weighted by Crippen LogP contribution is -2.39. The van der Waals surface area contributed by atoms with E-state index in [-0.39, 0.29) is 12.5 Å².